The number of carbonyl (C=O) groups is 2. The molecule has 0 fully saturated rings. The Labute approximate surface area is 177 Å². The second kappa shape index (κ2) is 8.58. The Kier molecular flexibility index (Phi) is 5.53. The van der Waals surface area contributed by atoms with E-state index in [9.17, 15) is 14.0 Å². The molecule has 1 heterocycles. The standard InChI is InChI=1S/C23H17FN4O3/c1-31-23(30)17-4-10-19(11-5-17)26-22(29)16-6-12-20(13-7-16)28-21(14-25-27-28)15-2-8-18(24)9-3-15/h2-14H,1H3,(H,26,29). The number of anilines is 1. The first-order valence-corrected chi connectivity index (χ1v) is 9.32. The number of hydrogen-bond acceptors (Lipinski definition) is 5. The molecule has 0 aliphatic carbocycles. The number of hydrogen-bond donors (Lipinski definition) is 1. The van der Waals surface area contributed by atoms with E-state index >= 15 is 0 Å². The van der Waals surface area contributed by atoms with Crippen LogP contribution in [0.4, 0.5) is 10.1 Å². The maximum absolute atomic E-state index is 13.2. The second-order valence-corrected chi connectivity index (χ2v) is 6.61. The summed E-state index contributed by atoms with van der Waals surface area (Å²) in [5.41, 5.74) is 3.57. The Morgan fingerprint density at radius 2 is 1.55 bits per heavy atom. The normalized spacial score (nSPS) is 10.5. The van der Waals surface area contributed by atoms with E-state index in [0.717, 1.165) is 5.56 Å². The minimum atomic E-state index is -0.443. The monoisotopic (exact) mass is 416 g/mol. The molecule has 1 N–H and O–H groups in total. The van der Waals surface area contributed by atoms with Gasteiger partial charge in [-0.3, -0.25) is 4.79 Å². The summed E-state index contributed by atoms with van der Waals surface area (Å²) in [5.74, 6) is -1.06. The highest BCUT2D eigenvalue weighted by Gasteiger charge is 2.12. The first kappa shape index (κ1) is 20.0. The third-order valence-corrected chi connectivity index (χ3v) is 4.63. The van der Waals surface area contributed by atoms with Gasteiger partial charge in [-0.25, -0.2) is 13.9 Å². The van der Waals surface area contributed by atoms with Crippen molar-refractivity contribution < 1.29 is 18.7 Å². The summed E-state index contributed by atoms with van der Waals surface area (Å²) >= 11 is 0. The van der Waals surface area contributed by atoms with E-state index in [-0.39, 0.29) is 11.7 Å². The van der Waals surface area contributed by atoms with Gasteiger partial charge in [-0.05, 0) is 72.8 Å². The van der Waals surface area contributed by atoms with Gasteiger partial charge < -0.3 is 10.1 Å². The number of nitrogens with zero attached hydrogens (tertiary/aromatic N) is 3. The molecule has 0 aliphatic heterocycles. The van der Waals surface area contributed by atoms with E-state index in [2.05, 4.69) is 20.4 Å². The largest absolute Gasteiger partial charge is 0.465 e. The predicted molar refractivity (Wildman–Crippen MR) is 112 cm³/mol. The Balaban J connectivity index is 1.50. The van der Waals surface area contributed by atoms with Crippen LogP contribution < -0.4 is 5.32 Å². The van der Waals surface area contributed by atoms with E-state index in [1.807, 2.05) is 0 Å². The van der Waals surface area contributed by atoms with E-state index in [0.29, 0.717) is 28.2 Å². The van der Waals surface area contributed by atoms with Gasteiger partial charge in [-0.15, -0.1) is 5.10 Å². The molecule has 0 saturated heterocycles. The van der Waals surface area contributed by atoms with Gasteiger partial charge in [-0.2, -0.15) is 0 Å². The van der Waals surface area contributed by atoms with Crippen molar-refractivity contribution in [2.75, 3.05) is 12.4 Å². The van der Waals surface area contributed by atoms with Crippen molar-refractivity contribution in [3.63, 3.8) is 0 Å². The summed E-state index contributed by atoms with van der Waals surface area (Å²) in [5, 5.41) is 10.8. The first-order chi connectivity index (χ1) is 15.0. The Hall–Kier alpha value is -4.33. The van der Waals surface area contributed by atoms with Crippen molar-refractivity contribution in [1.82, 2.24) is 15.0 Å². The molecule has 0 atom stereocenters. The highest BCUT2D eigenvalue weighted by Crippen LogP contribution is 2.22. The van der Waals surface area contributed by atoms with Crippen molar-refractivity contribution in [3.8, 4) is 16.9 Å². The Morgan fingerprint density at radius 3 is 2.19 bits per heavy atom. The van der Waals surface area contributed by atoms with Crippen LogP contribution in [0, 0.1) is 5.82 Å². The molecule has 0 unspecified atom stereocenters. The zero-order chi connectivity index (χ0) is 21.8. The Morgan fingerprint density at radius 1 is 0.903 bits per heavy atom. The fraction of sp³-hybridized carbons (Fsp3) is 0.0435. The number of amides is 1. The fourth-order valence-electron chi connectivity index (χ4n) is 3.01. The molecule has 1 aromatic heterocycles. The van der Waals surface area contributed by atoms with Crippen molar-refractivity contribution in [3.05, 3.63) is 95.9 Å². The molecule has 4 aromatic rings. The highest BCUT2D eigenvalue weighted by molar-refractivity contribution is 6.04. The number of aromatic nitrogens is 3. The lowest BCUT2D eigenvalue weighted by molar-refractivity contribution is 0.0600. The zero-order valence-corrected chi connectivity index (χ0v) is 16.4. The molecule has 7 nitrogen and oxygen atoms in total. The van der Waals surface area contributed by atoms with Crippen LogP contribution in [0.2, 0.25) is 0 Å². The summed E-state index contributed by atoms with van der Waals surface area (Å²) in [4.78, 5) is 24.0. The first-order valence-electron chi connectivity index (χ1n) is 9.32. The van der Waals surface area contributed by atoms with Gasteiger partial charge in [0, 0.05) is 16.8 Å². The average molecular weight is 416 g/mol. The number of methoxy groups -OCH3 is 1. The van der Waals surface area contributed by atoms with E-state index < -0.39 is 5.97 Å². The number of carbonyl (C=O) groups excluding carboxylic acids is 2. The van der Waals surface area contributed by atoms with Gasteiger partial charge in [0.1, 0.15) is 5.82 Å². The SMILES string of the molecule is COC(=O)c1ccc(NC(=O)c2ccc(-n3nncc3-c3ccc(F)cc3)cc2)cc1. The molecule has 0 radical (unpaired) electrons. The minimum Gasteiger partial charge on any atom is -0.465 e. The second-order valence-electron chi connectivity index (χ2n) is 6.61. The van der Waals surface area contributed by atoms with E-state index in [4.69, 9.17) is 0 Å². The van der Waals surface area contributed by atoms with E-state index in [1.54, 1.807) is 71.5 Å². The lowest BCUT2D eigenvalue weighted by Crippen LogP contribution is -2.12. The molecular formula is C23H17FN4O3. The van der Waals surface area contributed by atoms with Crippen LogP contribution in [-0.4, -0.2) is 34.0 Å². The number of rotatable bonds is 5. The lowest BCUT2D eigenvalue weighted by Gasteiger charge is -2.09. The van der Waals surface area contributed by atoms with Gasteiger partial charge in [0.2, 0.25) is 0 Å². The fourth-order valence-corrected chi connectivity index (χ4v) is 3.01. The maximum Gasteiger partial charge on any atom is 0.337 e. The summed E-state index contributed by atoms with van der Waals surface area (Å²) in [7, 11) is 1.31. The minimum absolute atomic E-state index is 0.297. The smallest absolute Gasteiger partial charge is 0.337 e. The van der Waals surface area contributed by atoms with Crippen molar-refractivity contribution in [2.24, 2.45) is 0 Å². The lowest BCUT2D eigenvalue weighted by atomic mass is 10.1. The number of benzene rings is 3. The third kappa shape index (κ3) is 4.32. The van der Waals surface area contributed by atoms with Crippen LogP contribution in [0.15, 0.2) is 79.0 Å². The number of halogens is 1. The van der Waals surface area contributed by atoms with Gasteiger partial charge in [0.15, 0.2) is 0 Å². The molecule has 0 aliphatic rings. The maximum atomic E-state index is 13.2. The van der Waals surface area contributed by atoms with Gasteiger partial charge in [0.05, 0.1) is 30.3 Å². The van der Waals surface area contributed by atoms with Crippen LogP contribution in [0.3, 0.4) is 0 Å². The molecule has 154 valence electrons. The quantitative estimate of drug-likeness (QED) is 0.495. The summed E-state index contributed by atoms with van der Waals surface area (Å²) in [6.07, 6.45) is 1.59. The van der Waals surface area contributed by atoms with Gasteiger partial charge in [-0.1, -0.05) is 5.21 Å². The number of nitrogens with one attached hydrogen (secondary N) is 1. The topological polar surface area (TPSA) is 86.1 Å². The molecule has 3 aromatic carbocycles. The molecule has 0 spiro atoms. The predicted octanol–water partition coefficient (Wildman–Crippen LogP) is 4.11. The molecule has 1 amide bonds. The van der Waals surface area contributed by atoms with Crippen LogP contribution in [-0.2, 0) is 4.74 Å². The van der Waals surface area contributed by atoms with Gasteiger partial charge >= 0.3 is 5.97 Å². The molecule has 4 rings (SSSR count). The molecule has 0 bridgehead atoms. The average Bonchev–Trinajstić information content (AvgIpc) is 3.29. The van der Waals surface area contributed by atoms with Crippen LogP contribution >= 0.6 is 0 Å². The molecule has 0 saturated carbocycles. The van der Waals surface area contributed by atoms with E-state index in [1.165, 1.54) is 19.2 Å². The number of esters is 1. The highest BCUT2D eigenvalue weighted by atomic mass is 19.1. The zero-order valence-electron chi connectivity index (χ0n) is 16.4. The Bertz CT molecular complexity index is 1220. The van der Waals surface area contributed by atoms with Crippen LogP contribution in [0.5, 0.6) is 0 Å². The summed E-state index contributed by atoms with van der Waals surface area (Å²) < 4.78 is 19.5. The number of ether oxygens (including phenoxy) is 1. The van der Waals surface area contributed by atoms with Gasteiger partial charge in [0.25, 0.3) is 5.91 Å². The molecule has 31 heavy (non-hydrogen) atoms. The van der Waals surface area contributed by atoms with Crippen molar-refractivity contribution >= 4 is 17.6 Å². The third-order valence-electron chi connectivity index (χ3n) is 4.63. The van der Waals surface area contributed by atoms with Crippen molar-refractivity contribution in [1.29, 1.82) is 0 Å². The van der Waals surface area contributed by atoms with Crippen molar-refractivity contribution in [2.45, 2.75) is 0 Å². The summed E-state index contributed by atoms with van der Waals surface area (Å²) in [6.45, 7) is 0. The molecular weight excluding hydrogens is 399 g/mol. The molecule has 8 heteroatoms. The van der Waals surface area contributed by atoms with Crippen LogP contribution in [0.25, 0.3) is 16.9 Å². The summed E-state index contributed by atoms with van der Waals surface area (Å²) in [6, 6.07) is 19.3. The van der Waals surface area contributed by atoms with Crippen LogP contribution in [0.1, 0.15) is 20.7 Å².